The van der Waals surface area contributed by atoms with Crippen LogP contribution in [0.3, 0.4) is 0 Å². The molecule has 0 amide bonds. The van der Waals surface area contributed by atoms with Crippen LogP contribution < -0.4 is 17.1 Å². The van der Waals surface area contributed by atoms with E-state index in [9.17, 15) is 34.2 Å². The minimum atomic E-state index is -1.43. The van der Waals surface area contributed by atoms with E-state index < -0.39 is 65.8 Å². The predicted octanol–water partition coefficient (Wildman–Crippen LogP) is 2.77. The highest BCUT2D eigenvalue weighted by Gasteiger charge is 2.36. The van der Waals surface area contributed by atoms with Crippen molar-refractivity contribution in [3.8, 4) is 0 Å². The van der Waals surface area contributed by atoms with E-state index in [1.54, 1.807) is 0 Å². The lowest BCUT2D eigenvalue weighted by Gasteiger charge is -2.32. The molecular formula is C32H53N3O9. The molecule has 0 bridgehead atoms. The highest BCUT2D eigenvalue weighted by atomic mass is 16.6. The van der Waals surface area contributed by atoms with Gasteiger partial charge < -0.3 is 19.7 Å². The first-order valence-electron chi connectivity index (χ1n) is 16.0. The van der Waals surface area contributed by atoms with E-state index in [2.05, 4.69) is 6.58 Å². The number of carbonyl (C=O) groups excluding carboxylic acids is 2. The van der Waals surface area contributed by atoms with Crippen molar-refractivity contribution >= 4 is 11.9 Å². The fraction of sp³-hybridized carbons (Fsp3) is 0.781. The maximum Gasteiger partial charge on any atom is 0.336 e. The number of esters is 2. The van der Waals surface area contributed by atoms with E-state index in [1.807, 2.05) is 41.5 Å². The Morgan fingerprint density at radius 3 is 1.86 bits per heavy atom. The summed E-state index contributed by atoms with van der Waals surface area (Å²) in [5.41, 5.74) is -3.54. The van der Waals surface area contributed by atoms with Crippen molar-refractivity contribution in [2.75, 3.05) is 6.61 Å². The third-order valence-corrected chi connectivity index (χ3v) is 9.52. The Labute approximate surface area is 259 Å². The number of rotatable bonds is 17. The molecule has 1 aromatic rings. The van der Waals surface area contributed by atoms with Crippen molar-refractivity contribution in [1.29, 1.82) is 0 Å². The van der Waals surface area contributed by atoms with Crippen LogP contribution in [0, 0.1) is 17.3 Å². The van der Waals surface area contributed by atoms with Crippen molar-refractivity contribution in [2.24, 2.45) is 17.3 Å². The smallest absolute Gasteiger partial charge is 0.336 e. The zero-order valence-electron chi connectivity index (χ0n) is 27.4. The SMILES string of the molecule is C=CCn1c(=O)n(CC(O)COC(=O)C2CCCC(C(=O)OC(C)(CC)CC)C2)c(=O)n(CC(O)CC(C)(CC)CC)c1=O. The van der Waals surface area contributed by atoms with Gasteiger partial charge in [0, 0.05) is 0 Å². The van der Waals surface area contributed by atoms with Crippen LogP contribution in [-0.2, 0) is 38.7 Å². The Balaban J connectivity index is 2.15. The molecule has 2 N–H and O–H groups in total. The zero-order chi connectivity index (χ0) is 33.2. The molecule has 4 unspecified atom stereocenters. The van der Waals surface area contributed by atoms with Crippen LogP contribution in [0.2, 0.25) is 0 Å². The number of hydrogen-bond acceptors (Lipinski definition) is 9. The van der Waals surface area contributed by atoms with Gasteiger partial charge in [0.25, 0.3) is 0 Å². The molecule has 0 aromatic carbocycles. The highest BCUT2D eigenvalue weighted by molar-refractivity contribution is 5.76. The maximum absolute atomic E-state index is 13.3. The summed E-state index contributed by atoms with van der Waals surface area (Å²) >= 11 is 0. The van der Waals surface area contributed by atoms with Crippen molar-refractivity contribution in [3.63, 3.8) is 0 Å². The van der Waals surface area contributed by atoms with Crippen LogP contribution in [0.1, 0.15) is 99.3 Å². The molecule has 1 fully saturated rings. The van der Waals surface area contributed by atoms with E-state index in [0.29, 0.717) is 43.1 Å². The van der Waals surface area contributed by atoms with Gasteiger partial charge in [-0.15, -0.1) is 6.58 Å². The average molecular weight is 624 g/mol. The minimum Gasteiger partial charge on any atom is -0.463 e. The highest BCUT2D eigenvalue weighted by Crippen LogP contribution is 2.33. The number of carbonyl (C=O) groups is 2. The van der Waals surface area contributed by atoms with Gasteiger partial charge in [0.1, 0.15) is 18.3 Å². The molecular weight excluding hydrogens is 570 g/mol. The first kappa shape index (κ1) is 37.2. The largest absolute Gasteiger partial charge is 0.463 e. The van der Waals surface area contributed by atoms with Crippen LogP contribution in [0.15, 0.2) is 27.0 Å². The topological polar surface area (TPSA) is 159 Å². The number of aliphatic hydroxyl groups is 2. The molecule has 1 heterocycles. The standard InChI is InChI=1S/C32H53N3O9/c1-8-16-33-28(40)34(19-24(36)18-31(6,9-2)10-3)30(42)35(29(33)41)20-25(37)21-43-26(38)22-14-13-15-23(17-22)27(39)44-32(7,11-4)12-5/h8,22-25,36-37H,1,9-21H2,2-7H3. The van der Waals surface area contributed by atoms with Gasteiger partial charge in [0.15, 0.2) is 0 Å². The van der Waals surface area contributed by atoms with Crippen LogP contribution in [0.5, 0.6) is 0 Å². The van der Waals surface area contributed by atoms with Gasteiger partial charge in [-0.1, -0.05) is 60.0 Å². The average Bonchev–Trinajstić information content (AvgIpc) is 3.02. The maximum atomic E-state index is 13.3. The first-order valence-corrected chi connectivity index (χ1v) is 16.0. The summed E-state index contributed by atoms with van der Waals surface area (Å²) in [4.78, 5) is 65.1. The second-order valence-corrected chi connectivity index (χ2v) is 12.8. The number of aromatic nitrogens is 3. The second-order valence-electron chi connectivity index (χ2n) is 12.8. The minimum absolute atomic E-state index is 0.179. The van der Waals surface area contributed by atoms with Crippen molar-refractivity contribution in [2.45, 2.75) is 137 Å². The van der Waals surface area contributed by atoms with Crippen molar-refractivity contribution in [3.05, 3.63) is 44.1 Å². The summed E-state index contributed by atoms with van der Waals surface area (Å²) < 4.78 is 13.4. The van der Waals surface area contributed by atoms with Gasteiger partial charge in [-0.2, -0.15) is 0 Å². The molecule has 1 saturated carbocycles. The molecule has 1 aliphatic rings. The molecule has 0 saturated heterocycles. The lowest BCUT2D eigenvalue weighted by atomic mass is 9.79. The van der Waals surface area contributed by atoms with Gasteiger partial charge in [-0.3, -0.25) is 9.59 Å². The number of ether oxygens (including phenoxy) is 2. The third kappa shape index (κ3) is 9.50. The lowest BCUT2D eigenvalue weighted by molar-refractivity contribution is -0.167. The molecule has 12 heteroatoms. The van der Waals surface area contributed by atoms with Gasteiger partial charge in [-0.25, -0.2) is 28.1 Å². The fourth-order valence-electron chi connectivity index (χ4n) is 5.56. The Bertz CT molecular complexity index is 1300. The molecule has 0 radical (unpaired) electrons. The van der Waals surface area contributed by atoms with Crippen LogP contribution in [-0.4, -0.2) is 60.3 Å². The summed E-state index contributed by atoms with van der Waals surface area (Å²) in [6, 6.07) is 0. The van der Waals surface area contributed by atoms with Crippen LogP contribution in [0.4, 0.5) is 0 Å². The van der Waals surface area contributed by atoms with Gasteiger partial charge in [0.2, 0.25) is 0 Å². The molecule has 250 valence electrons. The molecule has 2 rings (SSSR count). The monoisotopic (exact) mass is 623 g/mol. The predicted molar refractivity (Wildman–Crippen MR) is 166 cm³/mol. The molecule has 12 nitrogen and oxygen atoms in total. The molecule has 0 aliphatic heterocycles. The summed E-state index contributed by atoms with van der Waals surface area (Å²) in [5.74, 6) is -1.86. The number of allylic oxidation sites excluding steroid dienone is 1. The molecule has 44 heavy (non-hydrogen) atoms. The molecule has 1 aromatic heterocycles. The van der Waals surface area contributed by atoms with Crippen LogP contribution in [0.25, 0.3) is 0 Å². The summed E-state index contributed by atoms with van der Waals surface area (Å²) in [7, 11) is 0. The Morgan fingerprint density at radius 1 is 0.864 bits per heavy atom. The Kier molecular flexibility index (Phi) is 13.8. The van der Waals surface area contributed by atoms with E-state index in [4.69, 9.17) is 9.47 Å². The number of nitrogens with zero attached hydrogens (tertiary/aromatic N) is 3. The van der Waals surface area contributed by atoms with E-state index in [-0.39, 0.29) is 30.9 Å². The van der Waals surface area contributed by atoms with E-state index in [0.717, 1.165) is 22.0 Å². The van der Waals surface area contributed by atoms with Crippen molar-refractivity contribution < 1.29 is 29.3 Å². The first-order chi connectivity index (χ1) is 20.7. The summed E-state index contributed by atoms with van der Waals surface area (Å²) in [6.45, 7) is 13.9. The van der Waals surface area contributed by atoms with Gasteiger partial charge in [-0.05, 0) is 50.9 Å². The third-order valence-electron chi connectivity index (χ3n) is 9.52. The number of hydrogen-bond donors (Lipinski definition) is 2. The fourth-order valence-corrected chi connectivity index (χ4v) is 5.56. The van der Waals surface area contributed by atoms with E-state index in [1.165, 1.54) is 6.08 Å². The summed E-state index contributed by atoms with van der Waals surface area (Å²) in [6.07, 6.45) is 4.28. The molecule has 1 aliphatic carbocycles. The van der Waals surface area contributed by atoms with Gasteiger partial charge in [0.05, 0.1) is 37.6 Å². The lowest BCUT2D eigenvalue weighted by Crippen LogP contribution is -2.56. The Hall–Kier alpha value is -2.99. The normalized spacial score (nSPS) is 18.8. The van der Waals surface area contributed by atoms with Crippen LogP contribution >= 0.6 is 0 Å². The second kappa shape index (κ2) is 16.4. The van der Waals surface area contributed by atoms with Crippen molar-refractivity contribution in [1.82, 2.24) is 13.7 Å². The number of aliphatic hydroxyl groups excluding tert-OH is 2. The van der Waals surface area contributed by atoms with Gasteiger partial charge >= 0.3 is 29.0 Å². The molecule has 0 spiro atoms. The molecule has 4 atom stereocenters. The zero-order valence-corrected chi connectivity index (χ0v) is 27.4. The summed E-state index contributed by atoms with van der Waals surface area (Å²) in [5, 5.41) is 21.4. The Morgan fingerprint density at radius 2 is 1.36 bits per heavy atom. The van der Waals surface area contributed by atoms with E-state index >= 15 is 0 Å². The quantitative estimate of drug-likeness (QED) is 0.197.